The molecule has 7 heteroatoms. The second-order valence-corrected chi connectivity index (χ2v) is 7.16. The summed E-state index contributed by atoms with van der Waals surface area (Å²) in [5.74, 6) is 0.848. The highest BCUT2D eigenvalue weighted by Gasteiger charge is 2.21. The lowest BCUT2D eigenvalue weighted by atomic mass is 9.90. The summed E-state index contributed by atoms with van der Waals surface area (Å²) in [7, 11) is 0. The van der Waals surface area contributed by atoms with Crippen molar-refractivity contribution in [1.29, 1.82) is 0 Å². The summed E-state index contributed by atoms with van der Waals surface area (Å²) < 4.78 is 1.50. The van der Waals surface area contributed by atoms with Crippen LogP contribution >= 0.6 is 0 Å². The van der Waals surface area contributed by atoms with Gasteiger partial charge in [-0.05, 0) is 37.5 Å². The topological polar surface area (TPSA) is 101 Å². The van der Waals surface area contributed by atoms with Crippen LogP contribution in [0.2, 0.25) is 0 Å². The Morgan fingerprint density at radius 3 is 2.03 bits per heavy atom. The maximum absolute atomic E-state index is 12.9. The lowest BCUT2D eigenvalue weighted by Gasteiger charge is -2.18. The molecule has 0 aliphatic heterocycles. The highest BCUT2D eigenvalue weighted by atomic mass is 16.2. The molecule has 0 bridgehead atoms. The summed E-state index contributed by atoms with van der Waals surface area (Å²) in [5, 5.41) is 3.02. The van der Waals surface area contributed by atoms with Crippen LogP contribution in [0.3, 0.4) is 0 Å². The first-order valence-electron chi connectivity index (χ1n) is 10.6. The summed E-state index contributed by atoms with van der Waals surface area (Å²) >= 11 is 0. The molecule has 1 heterocycles. The van der Waals surface area contributed by atoms with Crippen molar-refractivity contribution in [3.8, 4) is 12.8 Å². The van der Waals surface area contributed by atoms with Crippen molar-refractivity contribution in [2.24, 2.45) is 0 Å². The monoisotopic (exact) mass is 459 g/mol. The van der Waals surface area contributed by atoms with Crippen LogP contribution in [0.15, 0.2) is 83.0 Å². The average molecular weight is 460 g/mol. The quantitative estimate of drug-likeness (QED) is 0.307. The van der Waals surface area contributed by atoms with Gasteiger partial charge in [-0.25, -0.2) is 9.59 Å². The Kier molecular flexibility index (Phi) is 12.5. The molecule has 0 unspecified atom stereocenters. The number of nitrogens with one attached hydrogen (secondary N) is 2. The number of amides is 1. The Morgan fingerprint density at radius 1 is 1.03 bits per heavy atom. The number of nitrogens with zero attached hydrogens (tertiary/aromatic N) is 1. The summed E-state index contributed by atoms with van der Waals surface area (Å²) in [4.78, 5) is 47.0. The summed E-state index contributed by atoms with van der Waals surface area (Å²) in [6, 6.07) is 19.4. The fraction of sp³-hybridized carbons (Fsp3) is 0.222. The maximum atomic E-state index is 12.9. The van der Waals surface area contributed by atoms with Crippen LogP contribution in [-0.4, -0.2) is 27.9 Å². The molecule has 3 rings (SSSR count). The molecule has 2 aromatic carbocycles. The molecule has 176 valence electrons. The fourth-order valence-corrected chi connectivity index (χ4v) is 3.29. The first kappa shape index (κ1) is 27.6. The van der Waals surface area contributed by atoms with Gasteiger partial charge in [-0.15, -0.1) is 12.8 Å². The number of rotatable bonds is 8. The van der Waals surface area contributed by atoms with E-state index in [-0.39, 0.29) is 17.4 Å². The van der Waals surface area contributed by atoms with Gasteiger partial charge >= 0.3 is 5.69 Å². The van der Waals surface area contributed by atoms with E-state index in [1.165, 1.54) is 10.5 Å². The molecule has 3 aromatic rings. The van der Waals surface area contributed by atoms with Crippen LogP contribution in [0, 0.1) is 19.8 Å². The summed E-state index contributed by atoms with van der Waals surface area (Å²) in [5.41, 5.74) is 1.65. The van der Waals surface area contributed by atoms with Crippen LogP contribution in [0.25, 0.3) is 0 Å². The van der Waals surface area contributed by atoms with Gasteiger partial charge < -0.3 is 9.88 Å². The van der Waals surface area contributed by atoms with Crippen molar-refractivity contribution >= 4 is 11.8 Å². The molecule has 1 amide bonds. The van der Waals surface area contributed by atoms with Crippen molar-refractivity contribution in [3.05, 3.63) is 111 Å². The van der Waals surface area contributed by atoms with Gasteiger partial charge in [0.05, 0.1) is 5.92 Å². The third kappa shape index (κ3) is 8.62. The molecule has 7 nitrogen and oxygen atoms in total. The largest absolute Gasteiger partial charge is 0.355 e. The van der Waals surface area contributed by atoms with Crippen LogP contribution in [-0.2, 0) is 16.1 Å². The number of benzene rings is 2. The summed E-state index contributed by atoms with van der Waals surface area (Å²) in [6.07, 6.45) is 11.0. The molecular formula is C27H29N3O4. The third-order valence-corrected chi connectivity index (χ3v) is 4.84. The molecule has 0 fully saturated rings. The predicted molar refractivity (Wildman–Crippen MR) is 134 cm³/mol. The van der Waals surface area contributed by atoms with Crippen molar-refractivity contribution < 1.29 is 9.59 Å². The van der Waals surface area contributed by atoms with Gasteiger partial charge in [-0.2, -0.15) is 0 Å². The Balaban J connectivity index is 0.00000107. The van der Waals surface area contributed by atoms with Gasteiger partial charge in [0.15, 0.2) is 0 Å². The minimum atomic E-state index is -0.405. The van der Waals surface area contributed by atoms with Gasteiger partial charge in [-0.1, -0.05) is 60.7 Å². The van der Waals surface area contributed by atoms with E-state index in [0.29, 0.717) is 25.1 Å². The van der Waals surface area contributed by atoms with Crippen LogP contribution < -0.4 is 16.6 Å². The molecule has 34 heavy (non-hydrogen) atoms. The molecule has 0 saturated carbocycles. The van der Waals surface area contributed by atoms with Crippen molar-refractivity contribution in [2.75, 3.05) is 6.54 Å². The zero-order valence-corrected chi connectivity index (χ0v) is 19.2. The SMILES string of the molecule is C#C.C=C=O.Cc1cn(CCCCNC(=O)C(c2ccccc2)c2ccccc2)c(=O)[nH]c1=O. The highest BCUT2D eigenvalue weighted by molar-refractivity contribution is 5.87. The van der Waals surface area contributed by atoms with E-state index in [1.54, 1.807) is 13.1 Å². The number of hydrogen-bond donors (Lipinski definition) is 2. The third-order valence-electron chi connectivity index (χ3n) is 4.84. The molecule has 0 spiro atoms. The Morgan fingerprint density at radius 2 is 1.53 bits per heavy atom. The van der Waals surface area contributed by atoms with E-state index in [4.69, 9.17) is 4.79 Å². The standard InChI is InChI=1S/C23H25N3O3.C2H2O.C2H2/c1-17-16-26(23(29)25-21(17)27)15-9-8-14-24-22(28)20(18-10-4-2-5-11-18)19-12-6-3-7-13-19;1-2-3;1-2/h2-7,10-13,16,20H,8-9,14-15H2,1H3,(H,24,28)(H,25,27,29);1H2;1-2H. The van der Waals surface area contributed by atoms with Crippen LogP contribution in [0.4, 0.5) is 0 Å². The van der Waals surface area contributed by atoms with Crippen LogP contribution in [0.1, 0.15) is 35.4 Å². The lowest BCUT2D eigenvalue weighted by molar-refractivity contribution is -0.121. The van der Waals surface area contributed by atoms with E-state index in [9.17, 15) is 14.4 Å². The van der Waals surface area contributed by atoms with Crippen LogP contribution in [0.5, 0.6) is 0 Å². The van der Waals surface area contributed by atoms with Gasteiger partial charge in [0.25, 0.3) is 5.56 Å². The number of carbonyl (C=O) groups is 1. The second kappa shape index (κ2) is 15.4. The van der Waals surface area contributed by atoms with E-state index in [1.807, 2.05) is 60.7 Å². The first-order chi connectivity index (χ1) is 16.5. The minimum absolute atomic E-state index is 0.0422. The number of aromatic amines is 1. The Hall–Kier alpha value is -4.40. The molecule has 0 atom stereocenters. The number of terminal acetylenes is 1. The molecular weight excluding hydrogens is 430 g/mol. The molecule has 0 aliphatic carbocycles. The smallest absolute Gasteiger partial charge is 0.328 e. The van der Waals surface area contributed by atoms with E-state index < -0.39 is 5.69 Å². The molecule has 0 aliphatic rings. The Bertz CT molecular complexity index is 1150. The number of H-pyrrole nitrogens is 1. The second-order valence-electron chi connectivity index (χ2n) is 7.16. The minimum Gasteiger partial charge on any atom is -0.355 e. The first-order valence-corrected chi connectivity index (χ1v) is 10.6. The van der Waals surface area contributed by atoms with Gasteiger partial charge in [0.2, 0.25) is 5.91 Å². The summed E-state index contributed by atoms with van der Waals surface area (Å²) in [6.45, 7) is 5.36. The number of aromatic nitrogens is 2. The highest BCUT2D eigenvalue weighted by Crippen LogP contribution is 2.24. The van der Waals surface area contributed by atoms with Gasteiger partial charge in [0, 0.05) is 24.8 Å². The number of aryl methyl sites for hydroxylation is 2. The lowest BCUT2D eigenvalue weighted by Crippen LogP contribution is -2.32. The molecule has 1 aromatic heterocycles. The molecule has 0 radical (unpaired) electrons. The molecule has 2 N–H and O–H groups in total. The zero-order valence-electron chi connectivity index (χ0n) is 19.2. The Labute approximate surface area is 199 Å². The average Bonchev–Trinajstić information content (AvgIpc) is 2.85. The normalized spacial score (nSPS) is 9.53. The van der Waals surface area contributed by atoms with Crippen molar-refractivity contribution in [2.45, 2.75) is 32.2 Å². The molecule has 0 saturated heterocycles. The predicted octanol–water partition coefficient (Wildman–Crippen LogP) is 2.83. The van der Waals surface area contributed by atoms with E-state index in [0.717, 1.165) is 17.5 Å². The number of unbranched alkanes of at least 4 members (excludes halogenated alkanes) is 1. The van der Waals surface area contributed by atoms with Crippen molar-refractivity contribution in [1.82, 2.24) is 14.9 Å². The number of hydrogen-bond acceptors (Lipinski definition) is 4. The number of carbonyl (C=O) groups excluding carboxylic acids is 2. The fourth-order valence-electron chi connectivity index (χ4n) is 3.29. The van der Waals surface area contributed by atoms with E-state index in [2.05, 4.69) is 29.7 Å². The van der Waals surface area contributed by atoms with Gasteiger partial charge in [-0.3, -0.25) is 14.6 Å². The van der Waals surface area contributed by atoms with E-state index >= 15 is 0 Å². The van der Waals surface area contributed by atoms with Crippen molar-refractivity contribution in [3.63, 3.8) is 0 Å². The maximum Gasteiger partial charge on any atom is 0.328 e. The zero-order chi connectivity index (χ0) is 25.3. The van der Waals surface area contributed by atoms with Gasteiger partial charge in [0.1, 0.15) is 5.94 Å².